The maximum absolute atomic E-state index is 12.0. The standard InChI is InChI=1S/C12H17ClN4O/c1-9-11(13)15-8-16-12(9)14-7-10(18)17-5-3-2-4-6-17/h8H,2-7H2,1H3,(H,14,15,16). The molecule has 1 aromatic heterocycles. The predicted molar refractivity (Wildman–Crippen MR) is 70.7 cm³/mol. The second-order valence-electron chi connectivity index (χ2n) is 4.43. The highest BCUT2D eigenvalue weighted by molar-refractivity contribution is 6.30. The number of rotatable bonds is 3. The van der Waals surface area contributed by atoms with Crippen molar-refractivity contribution >= 4 is 23.3 Å². The molecular formula is C12H17ClN4O. The Morgan fingerprint density at radius 1 is 1.39 bits per heavy atom. The molecule has 0 bridgehead atoms. The molecule has 0 unspecified atom stereocenters. The summed E-state index contributed by atoms with van der Waals surface area (Å²) in [5, 5.41) is 3.44. The molecule has 0 atom stereocenters. The third kappa shape index (κ3) is 3.10. The van der Waals surface area contributed by atoms with Crippen LogP contribution in [-0.4, -0.2) is 40.4 Å². The smallest absolute Gasteiger partial charge is 0.241 e. The monoisotopic (exact) mass is 268 g/mol. The van der Waals surface area contributed by atoms with Gasteiger partial charge >= 0.3 is 0 Å². The maximum atomic E-state index is 12.0. The zero-order valence-corrected chi connectivity index (χ0v) is 11.2. The van der Waals surface area contributed by atoms with Gasteiger partial charge in [-0.25, -0.2) is 9.97 Å². The van der Waals surface area contributed by atoms with Gasteiger partial charge in [0.05, 0.1) is 6.54 Å². The van der Waals surface area contributed by atoms with E-state index in [2.05, 4.69) is 15.3 Å². The summed E-state index contributed by atoms with van der Waals surface area (Å²) in [5.74, 6) is 0.740. The Balaban J connectivity index is 1.90. The SMILES string of the molecule is Cc1c(Cl)ncnc1NCC(=O)N1CCCCC1. The minimum Gasteiger partial charge on any atom is -0.361 e. The van der Waals surface area contributed by atoms with Gasteiger partial charge in [-0.15, -0.1) is 0 Å². The number of aromatic nitrogens is 2. The van der Waals surface area contributed by atoms with E-state index in [0.29, 0.717) is 11.0 Å². The highest BCUT2D eigenvalue weighted by Gasteiger charge is 2.16. The van der Waals surface area contributed by atoms with Gasteiger partial charge in [-0.1, -0.05) is 11.6 Å². The van der Waals surface area contributed by atoms with Crippen molar-refractivity contribution in [1.82, 2.24) is 14.9 Å². The number of hydrogen-bond acceptors (Lipinski definition) is 4. The number of anilines is 1. The molecule has 1 aromatic rings. The van der Waals surface area contributed by atoms with Crippen LogP contribution in [0.2, 0.25) is 5.15 Å². The minimum absolute atomic E-state index is 0.115. The van der Waals surface area contributed by atoms with Gasteiger partial charge in [-0.05, 0) is 26.2 Å². The van der Waals surface area contributed by atoms with Crippen molar-refractivity contribution < 1.29 is 4.79 Å². The van der Waals surface area contributed by atoms with Gasteiger partial charge in [0.2, 0.25) is 5.91 Å². The highest BCUT2D eigenvalue weighted by Crippen LogP contribution is 2.17. The summed E-state index contributed by atoms with van der Waals surface area (Å²) in [6, 6.07) is 0. The highest BCUT2D eigenvalue weighted by atomic mass is 35.5. The fourth-order valence-corrected chi connectivity index (χ4v) is 2.15. The molecule has 1 fully saturated rings. The molecule has 1 aliphatic heterocycles. The number of nitrogens with zero attached hydrogens (tertiary/aromatic N) is 3. The van der Waals surface area contributed by atoms with Gasteiger partial charge in [0, 0.05) is 18.7 Å². The largest absolute Gasteiger partial charge is 0.361 e. The lowest BCUT2D eigenvalue weighted by molar-refractivity contribution is -0.130. The van der Waals surface area contributed by atoms with Crippen molar-refractivity contribution in [3.8, 4) is 0 Å². The number of hydrogen-bond donors (Lipinski definition) is 1. The van der Waals surface area contributed by atoms with E-state index in [9.17, 15) is 4.79 Å². The van der Waals surface area contributed by atoms with Gasteiger partial charge in [0.1, 0.15) is 17.3 Å². The molecule has 18 heavy (non-hydrogen) atoms. The van der Waals surface area contributed by atoms with E-state index in [-0.39, 0.29) is 12.5 Å². The maximum Gasteiger partial charge on any atom is 0.241 e. The Kier molecular flexibility index (Phi) is 4.36. The van der Waals surface area contributed by atoms with E-state index in [0.717, 1.165) is 31.5 Å². The van der Waals surface area contributed by atoms with Crippen molar-refractivity contribution in [2.24, 2.45) is 0 Å². The average molecular weight is 269 g/mol. The van der Waals surface area contributed by atoms with Crippen molar-refractivity contribution in [2.45, 2.75) is 26.2 Å². The van der Waals surface area contributed by atoms with Gasteiger partial charge in [-0.3, -0.25) is 4.79 Å². The lowest BCUT2D eigenvalue weighted by Gasteiger charge is -2.26. The number of amides is 1. The van der Waals surface area contributed by atoms with E-state index in [1.807, 2.05) is 11.8 Å². The van der Waals surface area contributed by atoms with E-state index >= 15 is 0 Å². The molecular weight excluding hydrogens is 252 g/mol. The lowest BCUT2D eigenvalue weighted by atomic mass is 10.1. The normalized spacial score (nSPS) is 15.6. The first-order chi connectivity index (χ1) is 8.68. The summed E-state index contributed by atoms with van der Waals surface area (Å²) in [5.41, 5.74) is 0.769. The molecule has 1 amide bonds. The van der Waals surface area contributed by atoms with Crippen LogP contribution in [0.4, 0.5) is 5.82 Å². The van der Waals surface area contributed by atoms with E-state index in [1.54, 1.807) is 0 Å². The first kappa shape index (κ1) is 13.1. The zero-order valence-electron chi connectivity index (χ0n) is 10.4. The van der Waals surface area contributed by atoms with E-state index < -0.39 is 0 Å². The van der Waals surface area contributed by atoms with Crippen LogP contribution in [0.3, 0.4) is 0 Å². The second kappa shape index (κ2) is 6.00. The Labute approximate surface area is 112 Å². The molecule has 2 rings (SSSR count). The van der Waals surface area contributed by atoms with Crippen LogP contribution in [-0.2, 0) is 4.79 Å². The van der Waals surface area contributed by atoms with Crippen LogP contribution in [0.25, 0.3) is 0 Å². The van der Waals surface area contributed by atoms with Crippen LogP contribution in [0, 0.1) is 6.92 Å². The number of likely N-dealkylation sites (tertiary alicyclic amines) is 1. The molecule has 98 valence electrons. The minimum atomic E-state index is 0.115. The third-order valence-corrected chi connectivity index (χ3v) is 3.52. The van der Waals surface area contributed by atoms with Crippen LogP contribution >= 0.6 is 11.6 Å². The molecule has 6 heteroatoms. The summed E-state index contributed by atoms with van der Waals surface area (Å²) in [6.45, 7) is 3.82. The van der Waals surface area contributed by atoms with Crippen molar-refractivity contribution in [1.29, 1.82) is 0 Å². The predicted octanol–water partition coefficient (Wildman–Crippen LogP) is 1.86. The Morgan fingerprint density at radius 3 is 2.83 bits per heavy atom. The zero-order chi connectivity index (χ0) is 13.0. The average Bonchev–Trinajstić information content (AvgIpc) is 2.41. The molecule has 1 aliphatic rings. The summed E-state index contributed by atoms with van der Waals surface area (Å²) in [7, 11) is 0. The summed E-state index contributed by atoms with van der Waals surface area (Å²) in [4.78, 5) is 21.8. The quantitative estimate of drug-likeness (QED) is 0.850. The third-order valence-electron chi connectivity index (χ3n) is 3.14. The topological polar surface area (TPSA) is 58.1 Å². The second-order valence-corrected chi connectivity index (χ2v) is 4.79. The Bertz CT molecular complexity index is 432. The molecule has 0 aromatic carbocycles. The van der Waals surface area contributed by atoms with Gasteiger partial charge in [-0.2, -0.15) is 0 Å². The van der Waals surface area contributed by atoms with Crippen LogP contribution in [0.1, 0.15) is 24.8 Å². The van der Waals surface area contributed by atoms with Crippen molar-refractivity contribution in [2.75, 3.05) is 25.0 Å². The summed E-state index contributed by atoms with van der Waals surface area (Å²) >= 11 is 5.89. The van der Waals surface area contributed by atoms with Crippen LogP contribution in [0.15, 0.2) is 6.33 Å². The molecule has 2 heterocycles. The molecule has 1 N–H and O–H groups in total. The number of carbonyl (C=O) groups is 1. The molecule has 1 saturated heterocycles. The van der Waals surface area contributed by atoms with E-state index in [4.69, 9.17) is 11.6 Å². The fourth-order valence-electron chi connectivity index (χ4n) is 2.02. The number of halogens is 1. The number of nitrogens with one attached hydrogen (secondary N) is 1. The molecule has 0 saturated carbocycles. The molecule has 5 nitrogen and oxygen atoms in total. The molecule has 0 spiro atoms. The fraction of sp³-hybridized carbons (Fsp3) is 0.583. The number of piperidine rings is 1. The van der Waals surface area contributed by atoms with Crippen molar-refractivity contribution in [3.63, 3.8) is 0 Å². The first-order valence-electron chi connectivity index (χ1n) is 6.17. The Morgan fingerprint density at radius 2 is 2.11 bits per heavy atom. The van der Waals surface area contributed by atoms with Crippen LogP contribution in [0.5, 0.6) is 0 Å². The Hall–Kier alpha value is -1.36. The van der Waals surface area contributed by atoms with Gasteiger partial charge in [0.15, 0.2) is 0 Å². The van der Waals surface area contributed by atoms with Gasteiger partial charge in [0.25, 0.3) is 0 Å². The molecule has 0 radical (unpaired) electrons. The van der Waals surface area contributed by atoms with Gasteiger partial charge < -0.3 is 10.2 Å². The summed E-state index contributed by atoms with van der Waals surface area (Å²) < 4.78 is 0. The van der Waals surface area contributed by atoms with E-state index in [1.165, 1.54) is 12.7 Å². The van der Waals surface area contributed by atoms with Crippen LogP contribution < -0.4 is 5.32 Å². The lowest BCUT2D eigenvalue weighted by Crippen LogP contribution is -2.39. The van der Waals surface area contributed by atoms with Crippen molar-refractivity contribution in [3.05, 3.63) is 17.0 Å². The first-order valence-corrected chi connectivity index (χ1v) is 6.55. The summed E-state index contributed by atoms with van der Waals surface area (Å²) in [6.07, 6.45) is 4.81. The number of carbonyl (C=O) groups excluding carboxylic acids is 1. The molecule has 0 aliphatic carbocycles.